The lowest BCUT2D eigenvalue weighted by molar-refractivity contribution is 0.0472. The molecule has 0 saturated heterocycles. The topological polar surface area (TPSA) is 42.4 Å². The Kier molecular flexibility index (Phi) is 4.58. The molecule has 0 bridgehead atoms. The molecule has 0 N–H and O–H groups in total. The van der Waals surface area contributed by atoms with Crippen LogP contribution >= 0.6 is 11.6 Å². The van der Waals surface area contributed by atoms with E-state index < -0.39 is 0 Å². The predicted octanol–water partition coefficient (Wildman–Crippen LogP) is 3.16. The molecule has 4 nitrogen and oxygen atoms in total. The Balaban J connectivity index is 2.01. The lowest BCUT2D eigenvalue weighted by Crippen LogP contribution is -2.12. The third-order valence-corrected chi connectivity index (χ3v) is 2.97. The molecule has 0 saturated carbocycles. The van der Waals surface area contributed by atoms with Crippen LogP contribution in [-0.4, -0.2) is 25.0 Å². The van der Waals surface area contributed by atoms with Crippen LogP contribution in [-0.2, 0) is 11.3 Å². The zero-order chi connectivity index (χ0) is 14.5. The molecule has 1 aromatic carbocycles. The monoisotopic (exact) mass is 290 g/mol. The Morgan fingerprint density at radius 1 is 1.25 bits per heavy atom. The molecule has 0 aliphatic carbocycles. The quantitative estimate of drug-likeness (QED) is 0.811. The van der Waals surface area contributed by atoms with Crippen LogP contribution in [0.3, 0.4) is 0 Å². The van der Waals surface area contributed by atoms with E-state index in [1.165, 1.54) is 0 Å². The van der Waals surface area contributed by atoms with E-state index in [9.17, 15) is 4.79 Å². The van der Waals surface area contributed by atoms with Gasteiger partial charge in [-0.1, -0.05) is 23.7 Å². The second-order valence-electron chi connectivity index (χ2n) is 4.50. The maximum absolute atomic E-state index is 12.0. The molecule has 0 aliphatic rings. The number of hydrogen-bond acceptors (Lipinski definition) is 4. The highest BCUT2D eigenvalue weighted by Gasteiger charge is 2.09. The summed E-state index contributed by atoms with van der Waals surface area (Å²) in [4.78, 5) is 17.9. The molecule has 1 heterocycles. The molecule has 2 rings (SSSR count). The average molecular weight is 291 g/mol. The molecule has 20 heavy (non-hydrogen) atoms. The van der Waals surface area contributed by atoms with E-state index in [1.54, 1.807) is 30.5 Å². The number of esters is 1. The summed E-state index contributed by atoms with van der Waals surface area (Å²) in [5.41, 5.74) is 1.38. The second kappa shape index (κ2) is 6.39. The van der Waals surface area contributed by atoms with E-state index >= 15 is 0 Å². The van der Waals surface area contributed by atoms with Crippen LogP contribution in [0.4, 0.5) is 5.82 Å². The number of anilines is 1. The fourth-order valence-corrected chi connectivity index (χ4v) is 1.73. The van der Waals surface area contributed by atoms with Crippen LogP contribution in [0.25, 0.3) is 0 Å². The van der Waals surface area contributed by atoms with Gasteiger partial charge >= 0.3 is 5.97 Å². The van der Waals surface area contributed by atoms with Crippen molar-refractivity contribution in [3.63, 3.8) is 0 Å². The fraction of sp³-hybridized carbons (Fsp3) is 0.200. The Hall–Kier alpha value is -2.07. The summed E-state index contributed by atoms with van der Waals surface area (Å²) in [6, 6.07) is 10.5. The Morgan fingerprint density at radius 2 is 1.95 bits per heavy atom. The highest BCUT2D eigenvalue weighted by Crippen LogP contribution is 2.13. The van der Waals surface area contributed by atoms with E-state index in [1.807, 2.05) is 31.1 Å². The van der Waals surface area contributed by atoms with Crippen LogP contribution in [0.15, 0.2) is 42.6 Å². The van der Waals surface area contributed by atoms with Crippen molar-refractivity contribution in [2.24, 2.45) is 0 Å². The summed E-state index contributed by atoms with van der Waals surface area (Å²) in [6.07, 6.45) is 1.59. The molecule has 0 amide bonds. The van der Waals surface area contributed by atoms with Gasteiger partial charge in [0.2, 0.25) is 0 Å². The lowest BCUT2D eigenvalue weighted by atomic mass is 10.2. The molecular formula is C15H15ClN2O2. The lowest BCUT2D eigenvalue weighted by Gasteiger charge is -2.12. The fourth-order valence-electron chi connectivity index (χ4n) is 1.60. The Labute approximate surface area is 123 Å². The summed E-state index contributed by atoms with van der Waals surface area (Å²) in [6.45, 7) is 0.218. The Morgan fingerprint density at radius 3 is 2.60 bits per heavy atom. The predicted molar refractivity (Wildman–Crippen MR) is 79.1 cm³/mol. The number of hydrogen-bond donors (Lipinski definition) is 0. The summed E-state index contributed by atoms with van der Waals surface area (Å²) < 4.78 is 5.26. The maximum Gasteiger partial charge on any atom is 0.338 e. The highest BCUT2D eigenvalue weighted by atomic mass is 35.5. The van der Waals surface area contributed by atoms with Crippen molar-refractivity contribution in [3.8, 4) is 0 Å². The summed E-state index contributed by atoms with van der Waals surface area (Å²) >= 11 is 5.80. The van der Waals surface area contributed by atoms with Crippen molar-refractivity contribution in [1.29, 1.82) is 0 Å². The summed E-state index contributed by atoms with van der Waals surface area (Å²) in [5.74, 6) is 0.344. The zero-order valence-electron chi connectivity index (χ0n) is 11.3. The van der Waals surface area contributed by atoms with Crippen LogP contribution in [0, 0.1) is 0 Å². The van der Waals surface area contributed by atoms with E-state index in [2.05, 4.69) is 4.98 Å². The molecule has 5 heteroatoms. The molecule has 1 aromatic heterocycles. The van der Waals surface area contributed by atoms with Crippen molar-refractivity contribution in [1.82, 2.24) is 4.98 Å². The van der Waals surface area contributed by atoms with Crippen molar-refractivity contribution < 1.29 is 9.53 Å². The van der Waals surface area contributed by atoms with Gasteiger partial charge in [-0.05, 0) is 29.8 Å². The van der Waals surface area contributed by atoms with Gasteiger partial charge in [-0.15, -0.1) is 0 Å². The number of nitrogens with zero attached hydrogens (tertiary/aromatic N) is 2. The molecular weight excluding hydrogens is 276 g/mol. The van der Waals surface area contributed by atoms with Gasteiger partial charge in [0, 0.05) is 25.3 Å². The number of carbonyl (C=O) groups excluding carboxylic acids is 1. The largest absolute Gasteiger partial charge is 0.457 e. The minimum absolute atomic E-state index is 0.218. The van der Waals surface area contributed by atoms with E-state index in [-0.39, 0.29) is 12.6 Å². The number of benzene rings is 1. The summed E-state index contributed by atoms with van der Waals surface area (Å²) in [7, 11) is 3.73. The first kappa shape index (κ1) is 14.3. The van der Waals surface area contributed by atoms with E-state index in [4.69, 9.17) is 16.3 Å². The van der Waals surface area contributed by atoms with Gasteiger partial charge in [0.1, 0.15) is 12.4 Å². The highest BCUT2D eigenvalue weighted by molar-refractivity contribution is 6.30. The van der Waals surface area contributed by atoms with Crippen LogP contribution in [0.1, 0.15) is 15.9 Å². The van der Waals surface area contributed by atoms with Crippen molar-refractivity contribution in [2.45, 2.75) is 6.61 Å². The molecule has 0 radical (unpaired) electrons. The van der Waals surface area contributed by atoms with Gasteiger partial charge in [-0.3, -0.25) is 0 Å². The molecule has 104 valence electrons. The molecule has 0 atom stereocenters. The van der Waals surface area contributed by atoms with Crippen LogP contribution in [0.2, 0.25) is 5.02 Å². The molecule has 2 aromatic rings. The first-order valence-electron chi connectivity index (χ1n) is 6.11. The first-order chi connectivity index (χ1) is 9.56. The van der Waals surface area contributed by atoms with Gasteiger partial charge < -0.3 is 9.64 Å². The minimum Gasteiger partial charge on any atom is -0.457 e. The number of rotatable bonds is 4. The van der Waals surface area contributed by atoms with Crippen molar-refractivity contribution >= 4 is 23.4 Å². The second-order valence-corrected chi connectivity index (χ2v) is 4.94. The molecule has 0 fully saturated rings. The van der Waals surface area contributed by atoms with Crippen molar-refractivity contribution in [3.05, 3.63) is 58.7 Å². The zero-order valence-corrected chi connectivity index (χ0v) is 12.1. The maximum atomic E-state index is 12.0. The number of ether oxygens (including phenoxy) is 1. The first-order valence-corrected chi connectivity index (χ1v) is 6.49. The smallest absolute Gasteiger partial charge is 0.338 e. The van der Waals surface area contributed by atoms with Gasteiger partial charge in [0.15, 0.2) is 0 Å². The van der Waals surface area contributed by atoms with Crippen molar-refractivity contribution in [2.75, 3.05) is 19.0 Å². The van der Waals surface area contributed by atoms with Gasteiger partial charge in [-0.2, -0.15) is 0 Å². The van der Waals surface area contributed by atoms with Gasteiger partial charge in [0.25, 0.3) is 0 Å². The molecule has 0 aliphatic heterocycles. The Bertz CT molecular complexity index is 597. The normalized spacial score (nSPS) is 10.2. The molecule has 0 spiro atoms. The SMILES string of the molecule is CN(C)c1cc(C(=O)OCc2ccc(Cl)cc2)ccn1. The number of pyridine rings is 1. The standard InChI is InChI=1S/C15H15ClN2O2/c1-18(2)14-9-12(7-8-17-14)15(19)20-10-11-3-5-13(16)6-4-11/h3-9H,10H2,1-2H3. The third-order valence-electron chi connectivity index (χ3n) is 2.72. The van der Waals surface area contributed by atoms with Crippen LogP contribution < -0.4 is 4.90 Å². The van der Waals surface area contributed by atoms with Gasteiger partial charge in [0.05, 0.1) is 5.56 Å². The third kappa shape index (κ3) is 3.71. The number of carbonyl (C=O) groups is 1. The summed E-state index contributed by atoms with van der Waals surface area (Å²) in [5, 5.41) is 0.657. The van der Waals surface area contributed by atoms with E-state index in [0.29, 0.717) is 16.4 Å². The van der Waals surface area contributed by atoms with Gasteiger partial charge in [-0.25, -0.2) is 9.78 Å². The number of halogens is 1. The number of aromatic nitrogens is 1. The minimum atomic E-state index is -0.370. The van der Waals surface area contributed by atoms with E-state index in [0.717, 1.165) is 5.56 Å². The molecule has 0 unspecified atom stereocenters. The van der Waals surface area contributed by atoms with Crippen LogP contribution in [0.5, 0.6) is 0 Å². The average Bonchev–Trinajstić information content (AvgIpc) is 2.46.